The number of aromatic nitrogens is 1. The van der Waals surface area contributed by atoms with E-state index in [9.17, 15) is 5.11 Å². The van der Waals surface area contributed by atoms with E-state index in [-0.39, 0.29) is 0 Å². The van der Waals surface area contributed by atoms with Crippen LogP contribution in [-0.2, 0) is 0 Å². The molecule has 0 bridgehead atoms. The van der Waals surface area contributed by atoms with Gasteiger partial charge in [-0.3, -0.25) is 5.43 Å². The van der Waals surface area contributed by atoms with Crippen molar-refractivity contribution < 1.29 is 5.11 Å². The van der Waals surface area contributed by atoms with Gasteiger partial charge in [0, 0.05) is 0 Å². The molecular weight excluding hydrogens is 512 g/mol. The second-order valence-corrected chi connectivity index (χ2v) is 7.54. The zero-order valence-corrected chi connectivity index (χ0v) is 15.7. The van der Waals surface area contributed by atoms with E-state index in [1.165, 1.54) is 0 Å². The van der Waals surface area contributed by atoms with Crippen molar-refractivity contribution in [3.05, 3.63) is 49.1 Å². The van der Waals surface area contributed by atoms with E-state index < -0.39 is 0 Å². The fraction of sp³-hybridized carbons (Fsp3) is 0. The lowest BCUT2D eigenvalue weighted by atomic mass is 10.2. The molecule has 0 atom stereocenters. The zero-order chi connectivity index (χ0) is 14.8. The zero-order valence-electron chi connectivity index (χ0n) is 10.5. The van der Waals surface area contributed by atoms with Crippen molar-refractivity contribution in [1.29, 1.82) is 0 Å². The maximum Gasteiger partial charge on any atom is 0.204 e. The first kappa shape index (κ1) is 15.0. The van der Waals surface area contributed by atoms with Gasteiger partial charge in [-0.1, -0.05) is 23.5 Å². The third-order valence-electron chi connectivity index (χ3n) is 2.71. The molecule has 0 aliphatic heterocycles. The number of benzene rings is 2. The number of phenols is 1. The van der Waals surface area contributed by atoms with E-state index in [0.29, 0.717) is 5.75 Å². The number of phenolic OH excluding ortho intramolecular Hbond substituents is 1. The van der Waals surface area contributed by atoms with Crippen molar-refractivity contribution >= 4 is 78.1 Å². The molecule has 7 heteroatoms. The number of hydrazone groups is 1. The van der Waals surface area contributed by atoms with Crippen LogP contribution in [0.2, 0.25) is 0 Å². The highest BCUT2D eigenvalue weighted by Gasteiger charge is 2.04. The van der Waals surface area contributed by atoms with Gasteiger partial charge in [-0.2, -0.15) is 5.10 Å². The maximum absolute atomic E-state index is 9.73. The van der Waals surface area contributed by atoms with Crippen LogP contribution < -0.4 is 5.43 Å². The van der Waals surface area contributed by atoms with E-state index in [2.05, 4.69) is 60.7 Å². The van der Waals surface area contributed by atoms with Gasteiger partial charge < -0.3 is 5.11 Å². The van der Waals surface area contributed by atoms with E-state index in [1.54, 1.807) is 17.6 Å². The van der Waals surface area contributed by atoms with Gasteiger partial charge in [-0.05, 0) is 75.0 Å². The topological polar surface area (TPSA) is 57.5 Å². The van der Waals surface area contributed by atoms with Crippen molar-refractivity contribution in [2.75, 3.05) is 5.43 Å². The average Bonchev–Trinajstić information content (AvgIpc) is 2.87. The van der Waals surface area contributed by atoms with E-state index >= 15 is 0 Å². The van der Waals surface area contributed by atoms with Crippen LogP contribution in [0.4, 0.5) is 5.13 Å². The van der Waals surface area contributed by atoms with Gasteiger partial charge in [-0.25, -0.2) is 4.98 Å². The van der Waals surface area contributed by atoms with Crippen LogP contribution in [0.15, 0.2) is 41.5 Å². The predicted molar refractivity (Wildman–Crippen MR) is 104 cm³/mol. The largest absolute Gasteiger partial charge is 0.506 e. The van der Waals surface area contributed by atoms with E-state index in [4.69, 9.17) is 0 Å². The monoisotopic (exact) mass is 521 g/mol. The summed E-state index contributed by atoms with van der Waals surface area (Å²) < 4.78 is 2.74. The SMILES string of the molecule is Oc1c(I)cc(/C=N\Nc2nc3ccccc3s2)cc1I. The van der Waals surface area contributed by atoms with Gasteiger partial charge in [0.15, 0.2) is 0 Å². The molecule has 0 radical (unpaired) electrons. The summed E-state index contributed by atoms with van der Waals surface area (Å²) in [4.78, 5) is 4.44. The van der Waals surface area contributed by atoms with Gasteiger partial charge >= 0.3 is 0 Å². The Bertz CT molecular complexity index is 776. The molecule has 2 aromatic carbocycles. The standard InChI is InChI=1S/C14H9I2N3OS/c15-9-5-8(6-10(16)13(9)20)7-17-19-14-18-11-3-1-2-4-12(11)21-14/h1-7,20H,(H,18,19)/b17-7-. The Morgan fingerprint density at radius 2 is 1.90 bits per heavy atom. The van der Waals surface area contributed by atoms with Crippen LogP contribution in [0.25, 0.3) is 10.2 Å². The van der Waals surface area contributed by atoms with Gasteiger partial charge in [0.1, 0.15) is 5.75 Å². The van der Waals surface area contributed by atoms with E-state index in [1.807, 2.05) is 36.4 Å². The molecule has 0 saturated heterocycles. The molecule has 3 rings (SSSR count). The summed E-state index contributed by atoms with van der Waals surface area (Å²) in [5.74, 6) is 0.312. The Kier molecular flexibility index (Phi) is 4.60. The fourth-order valence-electron chi connectivity index (χ4n) is 1.74. The van der Waals surface area contributed by atoms with Crippen molar-refractivity contribution in [2.45, 2.75) is 0 Å². The number of fused-ring (bicyclic) bond motifs is 1. The summed E-state index contributed by atoms with van der Waals surface area (Å²) in [5, 5.41) is 14.7. The number of rotatable bonds is 3. The number of hydrogen-bond donors (Lipinski definition) is 2. The average molecular weight is 521 g/mol. The predicted octanol–water partition coefficient (Wildman–Crippen LogP) is 4.66. The minimum absolute atomic E-state index is 0.312. The first-order valence-electron chi connectivity index (χ1n) is 5.96. The minimum Gasteiger partial charge on any atom is -0.506 e. The molecule has 0 spiro atoms. The molecule has 0 saturated carbocycles. The second kappa shape index (κ2) is 6.44. The number of hydrogen-bond acceptors (Lipinski definition) is 5. The third kappa shape index (κ3) is 3.46. The lowest BCUT2D eigenvalue weighted by Crippen LogP contribution is -1.91. The highest BCUT2D eigenvalue weighted by molar-refractivity contribution is 14.1. The van der Waals surface area contributed by atoms with Crippen molar-refractivity contribution in [3.8, 4) is 5.75 Å². The molecule has 4 nitrogen and oxygen atoms in total. The van der Waals surface area contributed by atoms with Crippen LogP contribution in [0, 0.1) is 7.14 Å². The molecule has 1 heterocycles. The molecule has 0 aliphatic carbocycles. The summed E-state index contributed by atoms with van der Waals surface area (Å²) in [6.07, 6.45) is 1.72. The Morgan fingerprint density at radius 3 is 2.62 bits per heavy atom. The third-order valence-corrected chi connectivity index (χ3v) is 5.29. The van der Waals surface area contributed by atoms with Gasteiger partial charge in [0.25, 0.3) is 0 Å². The van der Waals surface area contributed by atoms with Crippen LogP contribution in [0.5, 0.6) is 5.75 Å². The number of nitrogens with one attached hydrogen (secondary N) is 1. The molecule has 106 valence electrons. The van der Waals surface area contributed by atoms with Crippen LogP contribution in [0.1, 0.15) is 5.56 Å². The van der Waals surface area contributed by atoms with Crippen molar-refractivity contribution in [3.63, 3.8) is 0 Å². The lowest BCUT2D eigenvalue weighted by molar-refractivity contribution is 0.467. The number of aromatic hydroxyl groups is 1. The van der Waals surface area contributed by atoms with Crippen molar-refractivity contribution in [1.82, 2.24) is 4.98 Å². The van der Waals surface area contributed by atoms with Crippen LogP contribution in [0.3, 0.4) is 0 Å². The second-order valence-electron chi connectivity index (χ2n) is 4.19. The van der Waals surface area contributed by atoms with Crippen LogP contribution >= 0.6 is 56.5 Å². The van der Waals surface area contributed by atoms with Gasteiger partial charge in [0.2, 0.25) is 5.13 Å². The Balaban J connectivity index is 1.77. The van der Waals surface area contributed by atoms with Crippen LogP contribution in [-0.4, -0.2) is 16.3 Å². The Labute approximate surface area is 152 Å². The number of halogens is 2. The highest BCUT2D eigenvalue weighted by atomic mass is 127. The van der Waals surface area contributed by atoms with E-state index in [0.717, 1.165) is 28.1 Å². The minimum atomic E-state index is 0.312. The summed E-state index contributed by atoms with van der Waals surface area (Å²) in [6, 6.07) is 11.7. The smallest absolute Gasteiger partial charge is 0.204 e. The molecule has 0 aliphatic rings. The maximum atomic E-state index is 9.73. The summed E-state index contributed by atoms with van der Waals surface area (Å²) >= 11 is 5.76. The quantitative estimate of drug-likeness (QED) is 0.300. The normalized spacial score (nSPS) is 11.3. The number of para-hydroxylation sites is 1. The first-order chi connectivity index (χ1) is 10.1. The molecule has 0 fully saturated rings. The number of thiazole rings is 1. The Hall–Kier alpha value is -0.940. The van der Waals surface area contributed by atoms with Gasteiger partial charge in [-0.15, -0.1) is 0 Å². The van der Waals surface area contributed by atoms with Crippen molar-refractivity contribution in [2.24, 2.45) is 5.10 Å². The first-order valence-corrected chi connectivity index (χ1v) is 8.93. The summed E-state index contributed by atoms with van der Waals surface area (Å²) in [5.41, 5.74) is 4.84. The molecule has 3 aromatic rings. The highest BCUT2D eigenvalue weighted by Crippen LogP contribution is 2.27. The Morgan fingerprint density at radius 1 is 1.19 bits per heavy atom. The molecular formula is C14H9I2N3OS. The summed E-state index contributed by atoms with van der Waals surface area (Å²) in [7, 11) is 0. The molecule has 1 aromatic heterocycles. The fourth-order valence-corrected chi connectivity index (χ4v) is 4.37. The van der Waals surface area contributed by atoms with Gasteiger partial charge in [0.05, 0.1) is 23.6 Å². The lowest BCUT2D eigenvalue weighted by Gasteiger charge is -2.01. The summed E-state index contributed by atoms with van der Waals surface area (Å²) in [6.45, 7) is 0. The molecule has 2 N–H and O–H groups in total. The molecule has 0 unspecified atom stereocenters. The number of nitrogens with zero attached hydrogens (tertiary/aromatic N) is 2. The number of anilines is 1. The molecule has 0 amide bonds. The molecule has 21 heavy (non-hydrogen) atoms.